The van der Waals surface area contributed by atoms with Crippen LogP contribution in [-0.4, -0.2) is 8.42 Å². The number of ether oxygens (including phenoxy) is 4. The summed E-state index contributed by atoms with van der Waals surface area (Å²) in [6, 6.07) is 38.1. The van der Waals surface area contributed by atoms with Crippen molar-refractivity contribution in [3.05, 3.63) is 167 Å². The number of anilines is 1. The van der Waals surface area contributed by atoms with E-state index < -0.39 is 20.7 Å². The Morgan fingerprint density at radius 3 is 1.38 bits per heavy atom. The van der Waals surface area contributed by atoms with Crippen molar-refractivity contribution in [2.75, 3.05) is 5.73 Å². The summed E-state index contributed by atoms with van der Waals surface area (Å²) in [6.45, 7) is 4.82. The lowest BCUT2D eigenvalue weighted by atomic mass is 10.1. The SMILES string of the molecule is CCc1ccc(Oc2ccc(N)cc2F)c(OCc2ccccc2)c1.CCc1ccc(Oc2ccc(S(=O)(=O)Cl)cc2F)c(OCc2ccccc2)c1. The average molecular weight is 758 g/mol. The number of aryl methyl sites for hydroxylation is 2. The number of hydrogen-bond donors (Lipinski definition) is 1. The molecule has 0 unspecified atom stereocenters. The number of nitrogen functional groups attached to an aromatic ring is 1. The van der Waals surface area contributed by atoms with Crippen LogP contribution in [-0.2, 0) is 35.1 Å². The summed E-state index contributed by atoms with van der Waals surface area (Å²) in [5, 5.41) is 0. The van der Waals surface area contributed by atoms with Crippen LogP contribution in [0.1, 0.15) is 36.1 Å². The molecule has 6 aromatic carbocycles. The Hall–Kier alpha value is -5.58. The fraction of sp³-hybridized carbons (Fsp3) is 0.143. The molecule has 0 fully saturated rings. The van der Waals surface area contributed by atoms with Gasteiger partial charge >= 0.3 is 0 Å². The Balaban J connectivity index is 0.000000206. The third kappa shape index (κ3) is 11.2. The van der Waals surface area contributed by atoms with Gasteiger partial charge in [0, 0.05) is 22.4 Å². The summed E-state index contributed by atoms with van der Waals surface area (Å²) < 4.78 is 74.2. The molecule has 0 radical (unpaired) electrons. The van der Waals surface area contributed by atoms with Gasteiger partial charge in [-0.25, -0.2) is 17.2 Å². The molecule has 0 saturated heterocycles. The molecule has 53 heavy (non-hydrogen) atoms. The Labute approximate surface area is 312 Å². The normalized spacial score (nSPS) is 10.9. The minimum atomic E-state index is -4.02. The highest BCUT2D eigenvalue weighted by Gasteiger charge is 2.16. The van der Waals surface area contributed by atoms with Crippen molar-refractivity contribution < 1.29 is 36.1 Å². The fourth-order valence-corrected chi connectivity index (χ4v) is 5.73. The molecule has 0 aliphatic rings. The molecule has 0 bridgehead atoms. The second-order valence-corrected chi connectivity index (χ2v) is 14.3. The van der Waals surface area contributed by atoms with Crippen LogP contribution in [0, 0.1) is 11.6 Å². The number of rotatable bonds is 13. The molecule has 2 N–H and O–H groups in total. The maximum atomic E-state index is 14.3. The standard InChI is InChI=1S/C21H18ClFO4S.C21H20FNO2/c1-2-15-8-10-20(21(12-15)26-14-16-6-4-3-5-7-16)27-19-11-9-17(13-18(19)23)28(22,24)25;1-2-15-8-10-20(25-19-11-9-17(23)13-18(19)22)21(12-15)24-14-16-6-4-3-5-7-16/h3-13H,2,14H2,1H3;3-13H,2,14,23H2,1H3. The van der Waals surface area contributed by atoms with Crippen LogP contribution in [0.25, 0.3) is 0 Å². The Morgan fingerprint density at radius 1 is 0.528 bits per heavy atom. The van der Waals surface area contributed by atoms with Gasteiger partial charge in [0.1, 0.15) is 13.2 Å². The van der Waals surface area contributed by atoms with Gasteiger partial charge in [-0.2, -0.15) is 0 Å². The average Bonchev–Trinajstić information content (AvgIpc) is 3.16. The maximum Gasteiger partial charge on any atom is 0.261 e. The minimum absolute atomic E-state index is 0.114. The van der Waals surface area contributed by atoms with Crippen LogP contribution >= 0.6 is 10.7 Å². The molecule has 0 amide bonds. The van der Waals surface area contributed by atoms with Gasteiger partial charge in [-0.3, -0.25) is 0 Å². The van der Waals surface area contributed by atoms with E-state index >= 15 is 0 Å². The Kier molecular flexibility index (Phi) is 13.3. The Bertz CT molecular complexity index is 2240. The van der Waals surface area contributed by atoms with Gasteiger partial charge in [0.15, 0.2) is 46.1 Å². The second kappa shape index (κ2) is 18.3. The molecule has 0 aliphatic heterocycles. The van der Waals surface area contributed by atoms with Crippen LogP contribution in [0.4, 0.5) is 14.5 Å². The van der Waals surface area contributed by atoms with Gasteiger partial charge in [0.2, 0.25) is 0 Å². The number of halogens is 3. The lowest BCUT2D eigenvalue weighted by molar-refractivity contribution is 0.289. The van der Waals surface area contributed by atoms with E-state index in [1.165, 1.54) is 24.3 Å². The fourth-order valence-electron chi connectivity index (χ4n) is 4.96. The van der Waals surface area contributed by atoms with Crippen LogP contribution < -0.4 is 24.7 Å². The largest absolute Gasteiger partial charge is 0.485 e. The zero-order valence-corrected chi connectivity index (χ0v) is 30.7. The monoisotopic (exact) mass is 757 g/mol. The lowest BCUT2D eigenvalue weighted by Crippen LogP contribution is -1.99. The first kappa shape index (κ1) is 38.6. The van der Waals surface area contributed by atoms with Gasteiger partial charge in [-0.1, -0.05) is 86.6 Å². The summed E-state index contributed by atoms with van der Waals surface area (Å²) in [7, 11) is 1.23. The lowest BCUT2D eigenvalue weighted by Gasteiger charge is -2.14. The van der Waals surface area contributed by atoms with E-state index in [2.05, 4.69) is 6.92 Å². The number of nitrogens with two attached hydrogens (primary N) is 1. The van der Waals surface area contributed by atoms with Crippen molar-refractivity contribution in [3.8, 4) is 34.5 Å². The molecule has 0 atom stereocenters. The van der Waals surface area contributed by atoms with Crippen molar-refractivity contribution in [1.29, 1.82) is 0 Å². The molecular formula is C42H38ClF2NO6S. The molecule has 6 rings (SSSR count). The highest BCUT2D eigenvalue weighted by atomic mass is 35.7. The van der Waals surface area contributed by atoms with E-state index in [0.717, 1.165) is 41.2 Å². The van der Waals surface area contributed by atoms with Gasteiger partial charge in [-0.05, 0) is 89.7 Å². The second-order valence-electron chi connectivity index (χ2n) is 11.7. The van der Waals surface area contributed by atoms with E-state index in [-0.39, 0.29) is 16.4 Å². The van der Waals surface area contributed by atoms with Crippen molar-refractivity contribution >= 4 is 25.4 Å². The van der Waals surface area contributed by atoms with Gasteiger partial charge < -0.3 is 24.7 Å². The molecule has 6 aromatic rings. The third-order valence-electron chi connectivity index (χ3n) is 7.89. The summed E-state index contributed by atoms with van der Waals surface area (Å²) in [5.41, 5.74) is 10.1. The van der Waals surface area contributed by atoms with E-state index in [0.29, 0.717) is 41.9 Å². The minimum Gasteiger partial charge on any atom is -0.485 e. The molecule has 7 nitrogen and oxygen atoms in total. The molecular weight excluding hydrogens is 720 g/mol. The first-order valence-electron chi connectivity index (χ1n) is 16.8. The first-order chi connectivity index (χ1) is 25.5. The summed E-state index contributed by atoms with van der Waals surface area (Å²) in [5.74, 6) is 0.492. The molecule has 0 spiro atoms. The van der Waals surface area contributed by atoms with Crippen molar-refractivity contribution in [2.45, 2.75) is 44.8 Å². The van der Waals surface area contributed by atoms with E-state index in [1.807, 2.05) is 91.9 Å². The van der Waals surface area contributed by atoms with Gasteiger partial charge in [0.05, 0.1) is 4.90 Å². The van der Waals surface area contributed by atoms with Crippen LogP contribution in [0.2, 0.25) is 0 Å². The summed E-state index contributed by atoms with van der Waals surface area (Å²) in [4.78, 5) is -0.333. The topological polar surface area (TPSA) is 97.1 Å². The first-order valence-corrected chi connectivity index (χ1v) is 19.1. The van der Waals surface area contributed by atoms with Gasteiger partial charge in [0.25, 0.3) is 9.05 Å². The zero-order valence-electron chi connectivity index (χ0n) is 29.1. The summed E-state index contributed by atoms with van der Waals surface area (Å²) in [6.07, 6.45) is 1.68. The molecule has 0 heterocycles. The summed E-state index contributed by atoms with van der Waals surface area (Å²) >= 11 is 0. The predicted molar refractivity (Wildman–Crippen MR) is 204 cm³/mol. The molecule has 274 valence electrons. The van der Waals surface area contributed by atoms with E-state index in [4.69, 9.17) is 35.4 Å². The van der Waals surface area contributed by atoms with Gasteiger partial charge in [-0.15, -0.1) is 0 Å². The molecule has 0 aromatic heterocycles. The third-order valence-corrected chi connectivity index (χ3v) is 9.24. The molecule has 11 heteroatoms. The zero-order chi connectivity index (χ0) is 37.8. The molecule has 0 aliphatic carbocycles. The van der Waals surface area contributed by atoms with Crippen LogP contribution in [0.5, 0.6) is 34.5 Å². The number of hydrogen-bond acceptors (Lipinski definition) is 7. The van der Waals surface area contributed by atoms with Crippen molar-refractivity contribution in [2.24, 2.45) is 0 Å². The highest BCUT2D eigenvalue weighted by molar-refractivity contribution is 8.13. The quantitative estimate of drug-likeness (QED) is 0.0925. The van der Waals surface area contributed by atoms with Crippen molar-refractivity contribution in [3.63, 3.8) is 0 Å². The van der Waals surface area contributed by atoms with Crippen LogP contribution in [0.3, 0.4) is 0 Å². The highest BCUT2D eigenvalue weighted by Crippen LogP contribution is 2.36. The van der Waals surface area contributed by atoms with E-state index in [9.17, 15) is 17.2 Å². The molecule has 0 saturated carbocycles. The van der Waals surface area contributed by atoms with E-state index in [1.54, 1.807) is 18.2 Å². The van der Waals surface area contributed by atoms with Crippen LogP contribution in [0.15, 0.2) is 138 Å². The smallest absolute Gasteiger partial charge is 0.261 e. The predicted octanol–water partition coefficient (Wildman–Crippen LogP) is 11.0. The maximum absolute atomic E-state index is 14.3. The van der Waals surface area contributed by atoms with Crippen molar-refractivity contribution in [1.82, 2.24) is 0 Å². The Morgan fingerprint density at radius 2 is 0.962 bits per heavy atom. The number of benzene rings is 6.